The zero-order valence-electron chi connectivity index (χ0n) is 7.58. The van der Waals surface area contributed by atoms with E-state index >= 15 is 0 Å². The Hall–Kier alpha value is -1.39. The number of nitrogens with zero attached hydrogens (tertiary/aromatic N) is 2. The molecule has 1 aromatic heterocycles. The highest BCUT2D eigenvalue weighted by atomic mass is 19.1. The summed E-state index contributed by atoms with van der Waals surface area (Å²) in [4.78, 5) is 15.0. The average Bonchev–Trinajstić information content (AvgIpc) is 2.48. The lowest BCUT2D eigenvalue weighted by Gasteiger charge is -2.05. The Labute approximate surface area is 75.3 Å². The molecule has 0 spiro atoms. The van der Waals surface area contributed by atoms with Gasteiger partial charge in [0, 0.05) is 0 Å². The number of aromatic nitrogens is 2. The minimum atomic E-state index is -0.527. The molecule has 5 heteroatoms. The van der Waals surface area contributed by atoms with Crippen molar-refractivity contribution in [2.24, 2.45) is 0 Å². The topological polar surface area (TPSA) is 44.1 Å². The van der Waals surface area contributed by atoms with Crippen LogP contribution in [0, 0.1) is 6.92 Å². The number of rotatable bonds is 3. The number of carbonyl (C=O) groups is 1. The van der Waals surface area contributed by atoms with E-state index in [-0.39, 0.29) is 12.2 Å². The molecule has 1 aromatic rings. The van der Waals surface area contributed by atoms with Crippen molar-refractivity contribution in [1.29, 1.82) is 0 Å². The SMILES string of the molecule is COC(=O)c1cnc(C)n1CCF. The molecule has 0 unspecified atom stereocenters. The lowest BCUT2D eigenvalue weighted by atomic mass is 10.4. The molecule has 72 valence electrons. The first-order valence-electron chi connectivity index (χ1n) is 3.87. The van der Waals surface area contributed by atoms with Crippen LogP contribution in [0.25, 0.3) is 0 Å². The number of imidazole rings is 1. The number of alkyl halides is 1. The number of hydrogen-bond acceptors (Lipinski definition) is 3. The molecular formula is C8H11FN2O2. The van der Waals surface area contributed by atoms with Gasteiger partial charge in [-0.15, -0.1) is 0 Å². The van der Waals surface area contributed by atoms with Crippen LogP contribution >= 0.6 is 0 Å². The first-order valence-corrected chi connectivity index (χ1v) is 3.87. The molecule has 0 saturated heterocycles. The van der Waals surface area contributed by atoms with Crippen molar-refractivity contribution in [2.45, 2.75) is 13.5 Å². The van der Waals surface area contributed by atoms with E-state index in [0.717, 1.165) is 0 Å². The highest BCUT2D eigenvalue weighted by Crippen LogP contribution is 2.05. The monoisotopic (exact) mass is 186 g/mol. The highest BCUT2D eigenvalue weighted by molar-refractivity contribution is 5.87. The molecule has 0 saturated carbocycles. The Balaban J connectivity index is 2.99. The second-order valence-electron chi connectivity index (χ2n) is 2.52. The van der Waals surface area contributed by atoms with Crippen LogP contribution in [-0.2, 0) is 11.3 Å². The second kappa shape index (κ2) is 4.02. The summed E-state index contributed by atoms with van der Waals surface area (Å²) in [6.07, 6.45) is 1.39. The van der Waals surface area contributed by atoms with Gasteiger partial charge in [0.25, 0.3) is 0 Å². The Kier molecular flexibility index (Phi) is 3.00. The lowest BCUT2D eigenvalue weighted by molar-refractivity contribution is 0.0587. The predicted molar refractivity (Wildman–Crippen MR) is 44.3 cm³/mol. The summed E-state index contributed by atoms with van der Waals surface area (Å²) in [7, 11) is 1.28. The van der Waals surface area contributed by atoms with Gasteiger partial charge >= 0.3 is 5.97 Å². The molecule has 0 aliphatic heterocycles. The first kappa shape index (κ1) is 9.70. The van der Waals surface area contributed by atoms with Crippen molar-refractivity contribution in [3.8, 4) is 0 Å². The van der Waals surface area contributed by atoms with Crippen molar-refractivity contribution < 1.29 is 13.9 Å². The summed E-state index contributed by atoms with van der Waals surface area (Å²) in [6, 6.07) is 0. The number of ether oxygens (including phenoxy) is 1. The third-order valence-corrected chi connectivity index (χ3v) is 1.76. The Morgan fingerprint density at radius 1 is 1.77 bits per heavy atom. The summed E-state index contributed by atoms with van der Waals surface area (Å²) in [5, 5.41) is 0. The quantitative estimate of drug-likeness (QED) is 0.660. The van der Waals surface area contributed by atoms with E-state index in [1.165, 1.54) is 17.9 Å². The Morgan fingerprint density at radius 3 is 3.00 bits per heavy atom. The van der Waals surface area contributed by atoms with Gasteiger partial charge in [-0.1, -0.05) is 0 Å². The van der Waals surface area contributed by atoms with Gasteiger partial charge in [-0.2, -0.15) is 0 Å². The van der Waals surface area contributed by atoms with Gasteiger partial charge in [-0.3, -0.25) is 0 Å². The van der Waals surface area contributed by atoms with Gasteiger partial charge < -0.3 is 9.30 Å². The normalized spacial score (nSPS) is 10.1. The smallest absolute Gasteiger partial charge is 0.356 e. The first-order chi connectivity index (χ1) is 6.20. The van der Waals surface area contributed by atoms with Crippen LogP contribution in [0.4, 0.5) is 4.39 Å². The van der Waals surface area contributed by atoms with Crippen molar-refractivity contribution >= 4 is 5.97 Å². The molecule has 0 aliphatic carbocycles. The fourth-order valence-electron chi connectivity index (χ4n) is 1.10. The summed E-state index contributed by atoms with van der Waals surface area (Å²) in [5.41, 5.74) is 0.289. The van der Waals surface area contributed by atoms with Gasteiger partial charge in [0.15, 0.2) is 0 Å². The van der Waals surface area contributed by atoms with Crippen molar-refractivity contribution in [3.05, 3.63) is 17.7 Å². The molecule has 0 aromatic carbocycles. The summed E-state index contributed by atoms with van der Waals surface area (Å²) in [5.74, 6) is 0.118. The molecular weight excluding hydrogens is 175 g/mol. The van der Waals surface area contributed by atoms with E-state index in [9.17, 15) is 9.18 Å². The zero-order valence-corrected chi connectivity index (χ0v) is 7.58. The Morgan fingerprint density at radius 2 is 2.46 bits per heavy atom. The fourth-order valence-corrected chi connectivity index (χ4v) is 1.10. The van der Waals surface area contributed by atoms with Crippen LogP contribution in [0.15, 0.2) is 6.20 Å². The maximum atomic E-state index is 12.1. The largest absolute Gasteiger partial charge is 0.464 e. The number of hydrogen-bond donors (Lipinski definition) is 0. The molecule has 0 atom stereocenters. The van der Waals surface area contributed by atoms with Gasteiger partial charge in [0.1, 0.15) is 18.2 Å². The number of methoxy groups -OCH3 is 1. The van der Waals surface area contributed by atoms with Gasteiger partial charge in [0.05, 0.1) is 19.9 Å². The number of esters is 1. The van der Waals surface area contributed by atoms with E-state index in [0.29, 0.717) is 5.82 Å². The number of aryl methyl sites for hydroxylation is 1. The number of halogens is 1. The molecule has 1 heterocycles. The van der Waals surface area contributed by atoms with Crippen molar-refractivity contribution in [1.82, 2.24) is 9.55 Å². The summed E-state index contributed by atoms with van der Waals surface area (Å²) >= 11 is 0. The van der Waals surface area contributed by atoms with Crippen LogP contribution in [0.2, 0.25) is 0 Å². The molecule has 0 radical (unpaired) electrons. The molecule has 0 amide bonds. The molecule has 0 aliphatic rings. The maximum Gasteiger partial charge on any atom is 0.356 e. The van der Waals surface area contributed by atoms with Gasteiger partial charge in [-0.25, -0.2) is 14.2 Å². The molecule has 0 fully saturated rings. The van der Waals surface area contributed by atoms with E-state index < -0.39 is 12.6 Å². The maximum absolute atomic E-state index is 12.1. The average molecular weight is 186 g/mol. The van der Waals surface area contributed by atoms with E-state index in [1.807, 2.05) is 0 Å². The van der Waals surface area contributed by atoms with Crippen LogP contribution in [0.1, 0.15) is 16.3 Å². The molecule has 13 heavy (non-hydrogen) atoms. The van der Waals surface area contributed by atoms with Crippen LogP contribution < -0.4 is 0 Å². The van der Waals surface area contributed by atoms with Crippen molar-refractivity contribution in [2.75, 3.05) is 13.8 Å². The summed E-state index contributed by atoms with van der Waals surface area (Å²) in [6.45, 7) is 1.32. The summed E-state index contributed by atoms with van der Waals surface area (Å²) < 4.78 is 18.1. The fraction of sp³-hybridized carbons (Fsp3) is 0.500. The van der Waals surface area contributed by atoms with Crippen LogP contribution in [0.5, 0.6) is 0 Å². The van der Waals surface area contributed by atoms with Crippen LogP contribution in [0.3, 0.4) is 0 Å². The van der Waals surface area contributed by atoms with Gasteiger partial charge in [-0.05, 0) is 6.92 Å². The minimum Gasteiger partial charge on any atom is -0.464 e. The van der Waals surface area contributed by atoms with Crippen LogP contribution in [-0.4, -0.2) is 29.3 Å². The zero-order chi connectivity index (χ0) is 9.84. The van der Waals surface area contributed by atoms with Crippen molar-refractivity contribution in [3.63, 3.8) is 0 Å². The van der Waals surface area contributed by atoms with E-state index in [2.05, 4.69) is 9.72 Å². The van der Waals surface area contributed by atoms with E-state index in [4.69, 9.17) is 0 Å². The van der Waals surface area contributed by atoms with E-state index in [1.54, 1.807) is 6.92 Å². The standard InChI is InChI=1S/C8H11FN2O2/c1-6-10-5-7(8(12)13-2)11(6)4-3-9/h5H,3-4H2,1-2H3. The molecule has 0 N–H and O–H groups in total. The number of carbonyl (C=O) groups excluding carboxylic acids is 1. The third-order valence-electron chi connectivity index (χ3n) is 1.76. The molecule has 1 rings (SSSR count). The predicted octanol–water partition coefficient (Wildman–Crippen LogP) is 0.948. The second-order valence-corrected chi connectivity index (χ2v) is 2.52. The minimum absolute atomic E-state index is 0.135. The van der Waals surface area contributed by atoms with Gasteiger partial charge in [0.2, 0.25) is 0 Å². The lowest BCUT2D eigenvalue weighted by Crippen LogP contribution is -2.12. The molecule has 4 nitrogen and oxygen atoms in total. The third kappa shape index (κ3) is 1.85. The molecule has 0 bridgehead atoms. The highest BCUT2D eigenvalue weighted by Gasteiger charge is 2.13. The Bertz CT molecular complexity index is 309.